The first-order chi connectivity index (χ1) is 10.2. The van der Waals surface area contributed by atoms with Gasteiger partial charge in [0.15, 0.2) is 0 Å². The largest absolute Gasteiger partial charge is 0.497 e. The molecule has 1 heterocycles. The maximum atomic E-state index is 12.6. The van der Waals surface area contributed by atoms with Crippen molar-refractivity contribution in [2.75, 3.05) is 32.2 Å². The summed E-state index contributed by atoms with van der Waals surface area (Å²) in [5.41, 5.74) is 0.833. The van der Waals surface area contributed by atoms with Gasteiger partial charge in [-0.25, -0.2) is 0 Å². The molecule has 1 unspecified atom stereocenters. The van der Waals surface area contributed by atoms with Gasteiger partial charge in [0.1, 0.15) is 11.5 Å². The van der Waals surface area contributed by atoms with Crippen molar-refractivity contribution in [3.63, 3.8) is 0 Å². The van der Waals surface area contributed by atoms with Crippen LogP contribution in [0.1, 0.15) is 26.2 Å². The summed E-state index contributed by atoms with van der Waals surface area (Å²) in [4.78, 5) is 14.4. The molecule has 1 saturated heterocycles. The molecule has 0 radical (unpaired) electrons. The number of piperidine rings is 1. The quantitative estimate of drug-likeness (QED) is 0.873. The molecule has 1 aromatic rings. The van der Waals surface area contributed by atoms with E-state index in [-0.39, 0.29) is 11.9 Å². The van der Waals surface area contributed by atoms with Gasteiger partial charge in [0.05, 0.1) is 25.9 Å². The van der Waals surface area contributed by atoms with Crippen LogP contribution in [-0.2, 0) is 4.79 Å². The van der Waals surface area contributed by atoms with E-state index in [1.807, 2.05) is 23.1 Å². The van der Waals surface area contributed by atoms with Gasteiger partial charge >= 0.3 is 0 Å². The molecule has 0 saturated carbocycles. The van der Waals surface area contributed by atoms with Gasteiger partial charge < -0.3 is 19.7 Å². The van der Waals surface area contributed by atoms with Gasteiger partial charge in [-0.15, -0.1) is 0 Å². The number of anilines is 1. The minimum absolute atomic E-state index is 0.0871. The Morgan fingerprint density at radius 3 is 2.48 bits per heavy atom. The van der Waals surface area contributed by atoms with E-state index in [9.17, 15) is 4.79 Å². The maximum absolute atomic E-state index is 12.6. The highest BCUT2D eigenvalue weighted by Crippen LogP contribution is 2.30. The van der Waals surface area contributed by atoms with Crippen molar-refractivity contribution < 1.29 is 14.3 Å². The Morgan fingerprint density at radius 1 is 1.24 bits per heavy atom. The van der Waals surface area contributed by atoms with Crippen LogP contribution < -0.4 is 19.7 Å². The number of amides is 1. The first-order valence-corrected chi connectivity index (χ1v) is 7.47. The van der Waals surface area contributed by atoms with Crippen LogP contribution >= 0.6 is 0 Å². The summed E-state index contributed by atoms with van der Waals surface area (Å²) in [7, 11) is 3.23. The summed E-state index contributed by atoms with van der Waals surface area (Å²) in [6.07, 6.45) is 2.92. The van der Waals surface area contributed by atoms with E-state index in [0.717, 1.165) is 38.0 Å². The number of methoxy groups -OCH3 is 2. The monoisotopic (exact) mass is 292 g/mol. The zero-order valence-electron chi connectivity index (χ0n) is 13.0. The smallest absolute Gasteiger partial charge is 0.244 e. The van der Waals surface area contributed by atoms with E-state index in [1.165, 1.54) is 0 Å². The van der Waals surface area contributed by atoms with E-state index in [1.54, 1.807) is 14.2 Å². The molecule has 1 N–H and O–H groups in total. The van der Waals surface area contributed by atoms with Gasteiger partial charge in [-0.05, 0) is 25.8 Å². The molecule has 1 aliphatic heterocycles. The molecule has 2 rings (SSSR count). The fourth-order valence-electron chi connectivity index (χ4n) is 2.59. The summed E-state index contributed by atoms with van der Waals surface area (Å²) in [6, 6.07) is 5.48. The number of carbonyl (C=O) groups is 1. The fraction of sp³-hybridized carbons (Fsp3) is 0.562. The van der Waals surface area contributed by atoms with Gasteiger partial charge in [0, 0.05) is 24.7 Å². The van der Waals surface area contributed by atoms with Gasteiger partial charge in [-0.3, -0.25) is 4.79 Å². The third-order valence-corrected chi connectivity index (χ3v) is 3.73. The van der Waals surface area contributed by atoms with Crippen LogP contribution in [0.5, 0.6) is 11.5 Å². The summed E-state index contributed by atoms with van der Waals surface area (Å²) in [5.74, 6) is 1.52. The topological polar surface area (TPSA) is 50.8 Å². The van der Waals surface area contributed by atoms with E-state index < -0.39 is 0 Å². The van der Waals surface area contributed by atoms with Crippen LogP contribution in [0.2, 0.25) is 0 Å². The highest BCUT2D eigenvalue weighted by Gasteiger charge is 2.29. The number of ether oxygens (including phenoxy) is 2. The summed E-state index contributed by atoms with van der Waals surface area (Å²) in [6.45, 7) is 3.70. The summed E-state index contributed by atoms with van der Waals surface area (Å²) >= 11 is 0. The molecule has 5 heteroatoms. The standard InChI is InChI=1S/C16H24N2O3/c1-4-7-17-15-6-5-8-18(16(15)19)12-9-13(20-2)11-14(10-12)21-3/h9-11,15,17H,4-8H2,1-3H3. The maximum Gasteiger partial charge on any atom is 0.244 e. The predicted octanol–water partition coefficient (Wildman–Crippen LogP) is 2.20. The molecule has 0 bridgehead atoms. The highest BCUT2D eigenvalue weighted by molar-refractivity contribution is 5.98. The second-order valence-corrected chi connectivity index (χ2v) is 5.21. The highest BCUT2D eigenvalue weighted by atomic mass is 16.5. The number of benzene rings is 1. The molecule has 0 aromatic heterocycles. The van der Waals surface area contributed by atoms with Crippen LogP contribution in [-0.4, -0.2) is 39.3 Å². The average molecular weight is 292 g/mol. The fourth-order valence-corrected chi connectivity index (χ4v) is 2.59. The molecular weight excluding hydrogens is 268 g/mol. The minimum Gasteiger partial charge on any atom is -0.497 e. The number of rotatable bonds is 6. The molecule has 1 fully saturated rings. The Kier molecular flexibility index (Phi) is 5.44. The molecule has 0 spiro atoms. The normalized spacial score (nSPS) is 18.7. The molecule has 1 atom stereocenters. The second kappa shape index (κ2) is 7.31. The SMILES string of the molecule is CCCNC1CCCN(c2cc(OC)cc(OC)c2)C1=O. The summed E-state index contributed by atoms with van der Waals surface area (Å²) < 4.78 is 10.6. The van der Waals surface area contributed by atoms with E-state index in [0.29, 0.717) is 11.5 Å². The molecule has 0 aliphatic carbocycles. The van der Waals surface area contributed by atoms with Crippen molar-refractivity contribution >= 4 is 11.6 Å². The van der Waals surface area contributed by atoms with Crippen LogP contribution in [0.4, 0.5) is 5.69 Å². The van der Waals surface area contributed by atoms with E-state index >= 15 is 0 Å². The first-order valence-electron chi connectivity index (χ1n) is 7.47. The predicted molar refractivity (Wildman–Crippen MR) is 83.2 cm³/mol. The molecule has 1 aliphatic rings. The lowest BCUT2D eigenvalue weighted by molar-refractivity contribution is -0.121. The zero-order valence-corrected chi connectivity index (χ0v) is 13.0. The van der Waals surface area contributed by atoms with Crippen molar-refractivity contribution in [2.24, 2.45) is 0 Å². The van der Waals surface area contributed by atoms with Gasteiger partial charge in [-0.1, -0.05) is 6.92 Å². The average Bonchev–Trinajstić information content (AvgIpc) is 2.53. The number of nitrogens with one attached hydrogen (secondary N) is 1. The Bertz CT molecular complexity index is 468. The third-order valence-electron chi connectivity index (χ3n) is 3.73. The van der Waals surface area contributed by atoms with Gasteiger partial charge in [-0.2, -0.15) is 0 Å². The zero-order chi connectivity index (χ0) is 15.2. The Labute approximate surface area is 126 Å². The van der Waals surface area contributed by atoms with Crippen LogP contribution in [0.15, 0.2) is 18.2 Å². The molecule has 1 aromatic carbocycles. The van der Waals surface area contributed by atoms with Crippen molar-refractivity contribution in [1.82, 2.24) is 5.32 Å². The van der Waals surface area contributed by atoms with Crippen molar-refractivity contribution in [2.45, 2.75) is 32.2 Å². The molecule has 116 valence electrons. The Hall–Kier alpha value is -1.75. The molecular formula is C16H24N2O3. The Morgan fingerprint density at radius 2 is 1.90 bits per heavy atom. The van der Waals surface area contributed by atoms with Crippen LogP contribution in [0.25, 0.3) is 0 Å². The lowest BCUT2D eigenvalue weighted by Gasteiger charge is -2.33. The lowest BCUT2D eigenvalue weighted by Crippen LogP contribution is -2.51. The van der Waals surface area contributed by atoms with Crippen molar-refractivity contribution in [1.29, 1.82) is 0 Å². The van der Waals surface area contributed by atoms with Crippen LogP contribution in [0, 0.1) is 0 Å². The molecule has 21 heavy (non-hydrogen) atoms. The Balaban J connectivity index is 2.21. The lowest BCUT2D eigenvalue weighted by atomic mass is 10.0. The van der Waals surface area contributed by atoms with Gasteiger partial charge in [0.25, 0.3) is 0 Å². The van der Waals surface area contributed by atoms with E-state index in [2.05, 4.69) is 12.2 Å². The minimum atomic E-state index is -0.0871. The number of carbonyl (C=O) groups excluding carboxylic acids is 1. The number of hydrogen-bond acceptors (Lipinski definition) is 4. The first kappa shape index (κ1) is 15.6. The van der Waals surface area contributed by atoms with Crippen molar-refractivity contribution in [3.8, 4) is 11.5 Å². The third kappa shape index (κ3) is 3.67. The molecule has 5 nitrogen and oxygen atoms in total. The summed E-state index contributed by atoms with van der Waals surface area (Å²) in [5, 5.41) is 3.32. The van der Waals surface area contributed by atoms with E-state index in [4.69, 9.17) is 9.47 Å². The van der Waals surface area contributed by atoms with Gasteiger partial charge in [0.2, 0.25) is 5.91 Å². The second-order valence-electron chi connectivity index (χ2n) is 5.21. The molecule has 1 amide bonds. The number of nitrogens with zero attached hydrogens (tertiary/aromatic N) is 1. The number of hydrogen-bond donors (Lipinski definition) is 1. The van der Waals surface area contributed by atoms with Crippen molar-refractivity contribution in [3.05, 3.63) is 18.2 Å². The van der Waals surface area contributed by atoms with Crippen LogP contribution in [0.3, 0.4) is 0 Å².